The highest BCUT2D eigenvalue weighted by Gasteiger charge is 2.17. The Bertz CT molecular complexity index is 781. The molecule has 8 heteroatoms. The number of amides is 1. The molecule has 3 rings (SSSR count). The van der Waals surface area contributed by atoms with Gasteiger partial charge < -0.3 is 10.1 Å². The molecule has 0 unspecified atom stereocenters. The van der Waals surface area contributed by atoms with Crippen LogP contribution in [0.25, 0.3) is 0 Å². The Morgan fingerprint density at radius 1 is 1.04 bits per heavy atom. The molecule has 2 aromatic carbocycles. The molecule has 26 heavy (non-hydrogen) atoms. The zero-order valence-electron chi connectivity index (χ0n) is 13.6. The molecule has 1 aliphatic heterocycles. The fraction of sp³-hybridized carbons (Fsp3) is 0.278. The Labute approximate surface area is 157 Å². The minimum Gasteiger partial charge on any atom is -0.484 e. The van der Waals surface area contributed by atoms with E-state index in [1.165, 1.54) is 12.0 Å². The average molecular weight is 399 g/mol. The average Bonchev–Trinajstić information content (AvgIpc) is 2.65. The summed E-state index contributed by atoms with van der Waals surface area (Å²) in [5.74, 6) is -1.47. The summed E-state index contributed by atoms with van der Waals surface area (Å²) < 4.78 is 45.3. The topological polar surface area (TPSA) is 38.3 Å². The highest BCUT2D eigenvalue weighted by atomic mass is 32.2. The highest BCUT2D eigenvalue weighted by molar-refractivity contribution is 8.16. The lowest BCUT2D eigenvalue weighted by Crippen LogP contribution is -2.21. The number of anilines is 1. The summed E-state index contributed by atoms with van der Waals surface area (Å²) >= 11 is 3.82. The zero-order chi connectivity index (χ0) is 18.5. The Morgan fingerprint density at radius 3 is 2.38 bits per heavy atom. The molecule has 1 N–H and O–H groups in total. The molecular formula is C18H16F3NO2S2. The van der Waals surface area contributed by atoms with Crippen LogP contribution in [-0.2, 0) is 4.79 Å². The summed E-state index contributed by atoms with van der Waals surface area (Å²) in [5, 5.41) is 2.16. The van der Waals surface area contributed by atoms with Crippen molar-refractivity contribution in [3.05, 3.63) is 59.4 Å². The van der Waals surface area contributed by atoms with Gasteiger partial charge in [0.1, 0.15) is 11.6 Å². The highest BCUT2D eigenvalue weighted by Crippen LogP contribution is 2.43. The largest absolute Gasteiger partial charge is 0.484 e. The van der Waals surface area contributed by atoms with Crippen LogP contribution in [0.5, 0.6) is 5.75 Å². The second kappa shape index (κ2) is 8.73. The smallest absolute Gasteiger partial charge is 0.262 e. The fourth-order valence-corrected chi connectivity index (χ4v) is 5.25. The molecule has 0 aliphatic carbocycles. The van der Waals surface area contributed by atoms with Gasteiger partial charge in [-0.3, -0.25) is 4.79 Å². The molecule has 0 aromatic heterocycles. The van der Waals surface area contributed by atoms with Crippen LogP contribution >= 0.6 is 23.5 Å². The van der Waals surface area contributed by atoms with Crippen LogP contribution in [0.1, 0.15) is 16.6 Å². The van der Waals surface area contributed by atoms with Crippen molar-refractivity contribution in [2.75, 3.05) is 23.4 Å². The van der Waals surface area contributed by atoms with Gasteiger partial charge in [-0.15, -0.1) is 23.5 Å². The standard InChI is InChI=1S/C18H16F3NO2S2/c19-13-8-15(21)16(9-14(13)20)22-17(23)10-24-12-4-2-11(3-5-12)18-25-6-1-7-26-18/h2-5,8-9,18H,1,6-7,10H2,(H,22,23). The van der Waals surface area contributed by atoms with Crippen LogP contribution in [0.2, 0.25) is 0 Å². The quantitative estimate of drug-likeness (QED) is 0.719. The van der Waals surface area contributed by atoms with E-state index in [1.807, 2.05) is 35.7 Å². The van der Waals surface area contributed by atoms with Gasteiger partial charge in [0.2, 0.25) is 0 Å². The summed E-state index contributed by atoms with van der Waals surface area (Å²) in [5.41, 5.74) is 0.763. The van der Waals surface area contributed by atoms with Gasteiger partial charge in [-0.2, -0.15) is 0 Å². The van der Waals surface area contributed by atoms with Crippen LogP contribution < -0.4 is 10.1 Å². The van der Waals surface area contributed by atoms with Crippen molar-refractivity contribution in [1.82, 2.24) is 0 Å². The molecule has 1 heterocycles. The molecule has 2 aromatic rings. The van der Waals surface area contributed by atoms with Crippen molar-refractivity contribution in [2.45, 2.75) is 11.0 Å². The summed E-state index contributed by atoms with van der Waals surface area (Å²) in [6.45, 7) is -0.370. The summed E-state index contributed by atoms with van der Waals surface area (Å²) in [7, 11) is 0. The van der Waals surface area contributed by atoms with Crippen molar-refractivity contribution in [3.8, 4) is 5.75 Å². The minimum absolute atomic E-state index is 0.370. The first-order valence-electron chi connectivity index (χ1n) is 7.93. The van der Waals surface area contributed by atoms with Crippen LogP contribution in [0, 0.1) is 17.5 Å². The second-order valence-electron chi connectivity index (χ2n) is 5.58. The molecule has 138 valence electrons. The fourth-order valence-electron chi connectivity index (χ4n) is 2.35. The zero-order valence-corrected chi connectivity index (χ0v) is 15.3. The van der Waals surface area contributed by atoms with Crippen molar-refractivity contribution in [1.29, 1.82) is 0 Å². The summed E-state index contributed by atoms with van der Waals surface area (Å²) in [6.07, 6.45) is 1.22. The summed E-state index contributed by atoms with van der Waals surface area (Å²) in [4.78, 5) is 11.8. The van der Waals surface area contributed by atoms with Gasteiger partial charge >= 0.3 is 0 Å². The second-order valence-corrected chi connectivity index (χ2v) is 8.30. The first-order chi connectivity index (χ1) is 12.5. The SMILES string of the molecule is O=C(COc1ccc(C2SCCCS2)cc1)Nc1cc(F)c(F)cc1F. The van der Waals surface area contributed by atoms with Crippen molar-refractivity contribution in [2.24, 2.45) is 0 Å². The van der Waals surface area contributed by atoms with E-state index in [1.54, 1.807) is 12.1 Å². The molecule has 1 fully saturated rings. The lowest BCUT2D eigenvalue weighted by Gasteiger charge is -2.21. The predicted molar refractivity (Wildman–Crippen MR) is 99.2 cm³/mol. The number of carbonyl (C=O) groups excluding carboxylic acids is 1. The minimum atomic E-state index is -1.31. The number of halogens is 3. The monoisotopic (exact) mass is 399 g/mol. The molecule has 0 radical (unpaired) electrons. The van der Waals surface area contributed by atoms with Crippen LogP contribution in [0.3, 0.4) is 0 Å². The van der Waals surface area contributed by atoms with Gasteiger partial charge in [0, 0.05) is 12.1 Å². The third kappa shape index (κ3) is 4.88. The first kappa shape index (κ1) is 19.0. The Kier molecular flexibility index (Phi) is 6.37. The number of benzene rings is 2. The molecule has 0 bridgehead atoms. The maximum Gasteiger partial charge on any atom is 0.262 e. The maximum atomic E-state index is 13.5. The number of hydrogen-bond donors (Lipinski definition) is 1. The predicted octanol–water partition coefficient (Wildman–Crippen LogP) is 4.99. The molecule has 0 saturated carbocycles. The number of ether oxygens (including phenoxy) is 1. The molecule has 3 nitrogen and oxygen atoms in total. The van der Waals surface area contributed by atoms with E-state index in [0.29, 0.717) is 22.5 Å². The molecular weight excluding hydrogens is 383 g/mol. The number of nitrogens with one attached hydrogen (secondary N) is 1. The van der Waals surface area contributed by atoms with Gasteiger partial charge in [0.05, 0.1) is 10.3 Å². The van der Waals surface area contributed by atoms with Gasteiger partial charge in [-0.25, -0.2) is 13.2 Å². The normalized spacial score (nSPS) is 14.9. The lowest BCUT2D eigenvalue weighted by atomic mass is 10.2. The third-order valence-electron chi connectivity index (χ3n) is 3.63. The lowest BCUT2D eigenvalue weighted by molar-refractivity contribution is -0.118. The van der Waals surface area contributed by atoms with Gasteiger partial charge in [0.25, 0.3) is 5.91 Å². The van der Waals surface area contributed by atoms with E-state index in [-0.39, 0.29) is 6.61 Å². The Hall–Kier alpha value is -1.80. The van der Waals surface area contributed by atoms with Gasteiger partial charge in [-0.05, 0) is 35.6 Å². The molecule has 0 spiro atoms. The van der Waals surface area contributed by atoms with E-state index >= 15 is 0 Å². The van der Waals surface area contributed by atoms with Crippen molar-refractivity contribution in [3.63, 3.8) is 0 Å². The molecule has 1 aliphatic rings. The van der Waals surface area contributed by atoms with Crippen molar-refractivity contribution >= 4 is 35.1 Å². The number of hydrogen-bond acceptors (Lipinski definition) is 4. The van der Waals surface area contributed by atoms with Gasteiger partial charge in [0.15, 0.2) is 18.2 Å². The molecule has 1 saturated heterocycles. The Morgan fingerprint density at radius 2 is 1.69 bits per heavy atom. The number of rotatable bonds is 5. The summed E-state index contributed by atoms with van der Waals surface area (Å²) in [6, 6.07) is 8.44. The van der Waals surface area contributed by atoms with E-state index in [0.717, 1.165) is 11.5 Å². The van der Waals surface area contributed by atoms with Gasteiger partial charge in [-0.1, -0.05) is 12.1 Å². The molecule has 1 amide bonds. The number of carbonyl (C=O) groups is 1. The van der Waals surface area contributed by atoms with Crippen LogP contribution in [-0.4, -0.2) is 24.0 Å². The molecule has 0 atom stereocenters. The Balaban J connectivity index is 1.53. The van der Waals surface area contributed by atoms with E-state index in [4.69, 9.17) is 4.74 Å². The number of thioether (sulfide) groups is 2. The first-order valence-corrected chi connectivity index (χ1v) is 10.0. The van der Waals surface area contributed by atoms with E-state index in [9.17, 15) is 18.0 Å². The van der Waals surface area contributed by atoms with Crippen LogP contribution in [0.4, 0.5) is 18.9 Å². The van der Waals surface area contributed by atoms with Crippen LogP contribution in [0.15, 0.2) is 36.4 Å². The third-order valence-corrected chi connectivity index (χ3v) is 6.65. The maximum absolute atomic E-state index is 13.5. The van der Waals surface area contributed by atoms with E-state index in [2.05, 4.69) is 5.32 Å². The van der Waals surface area contributed by atoms with Crippen molar-refractivity contribution < 1.29 is 22.7 Å². The van der Waals surface area contributed by atoms with E-state index < -0.39 is 29.0 Å².